The molecule has 156 valence electrons. The molecule has 1 aromatic heterocycles. The van der Waals surface area contributed by atoms with E-state index in [0.29, 0.717) is 6.07 Å². The molecular weight excluding hydrogens is 395 g/mol. The van der Waals surface area contributed by atoms with Crippen LogP contribution in [0.1, 0.15) is 48.2 Å². The number of halogens is 5. The minimum Gasteiger partial charge on any atom is -0.352 e. The van der Waals surface area contributed by atoms with E-state index in [4.69, 9.17) is 0 Å². The summed E-state index contributed by atoms with van der Waals surface area (Å²) >= 11 is 0. The van der Waals surface area contributed by atoms with Crippen LogP contribution in [0.5, 0.6) is 0 Å². The Balaban J connectivity index is 1.79. The van der Waals surface area contributed by atoms with Crippen molar-refractivity contribution < 1.29 is 26.7 Å². The predicted octanol–water partition coefficient (Wildman–Crippen LogP) is 4.83. The Bertz CT molecular complexity index is 881. The summed E-state index contributed by atoms with van der Waals surface area (Å²) in [5.74, 6) is -3.09. The molecule has 1 fully saturated rings. The Morgan fingerprint density at radius 3 is 2.52 bits per heavy atom. The number of amides is 1. The zero-order valence-corrected chi connectivity index (χ0v) is 15.3. The van der Waals surface area contributed by atoms with Crippen molar-refractivity contribution >= 4 is 17.5 Å². The number of anilines is 2. The smallest absolute Gasteiger partial charge is 0.352 e. The first-order valence-electron chi connectivity index (χ1n) is 9.18. The second-order valence-electron chi connectivity index (χ2n) is 6.92. The molecule has 0 radical (unpaired) electrons. The van der Waals surface area contributed by atoms with Gasteiger partial charge in [0.05, 0.1) is 11.3 Å². The summed E-state index contributed by atoms with van der Waals surface area (Å²) in [5, 5.41) is 4.79. The van der Waals surface area contributed by atoms with Gasteiger partial charge in [0.1, 0.15) is 11.6 Å². The maximum Gasteiger partial charge on any atom is 0.434 e. The zero-order valence-electron chi connectivity index (χ0n) is 15.3. The highest BCUT2D eigenvalue weighted by Crippen LogP contribution is 2.31. The van der Waals surface area contributed by atoms with Gasteiger partial charge < -0.3 is 10.6 Å². The van der Waals surface area contributed by atoms with E-state index in [1.54, 1.807) is 0 Å². The van der Waals surface area contributed by atoms with E-state index >= 15 is 0 Å². The van der Waals surface area contributed by atoms with Crippen molar-refractivity contribution in [3.8, 4) is 0 Å². The highest BCUT2D eigenvalue weighted by atomic mass is 19.4. The molecule has 2 aromatic rings. The molecule has 0 bridgehead atoms. The lowest BCUT2D eigenvalue weighted by Crippen LogP contribution is -2.32. The molecule has 2 N–H and O–H groups in total. The van der Waals surface area contributed by atoms with Crippen LogP contribution in [0.2, 0.25) is 0 Å². The van der Waals surface area contributed by atoms with Crippen LogP contribution in [0.4, 0.5) is 33.6 Å². The lowest BCUT2D eigenvalue weighted by molar-refractivity contribution is -0.141. The van der Waals surface area contributed by atoms with Crippen LogP contribution < -0.4 is 10.6 Å². The monoisotopic (exact) mass is 414 g/mol. The molecule has 0 spiro atoms. The van der Waals surface area contributed by atoms with Gasteiger partial charge in [-0.2, -0.15) is 13.2 Å². The minimum absolute atomic E-state index is 0.241. The molecule has 1 heterocycles. The van der Waals surface area contributed by atoms with E-state index < -0.39 is 40.9 Å². The number of nitrogens with zero attached hydrogens (tertiary/aromatic N) is 2. The maximum absolute atomic E-state index is 13.7. The molecule has 1 aromatic carbocycles. The third-order valence-electron chi connectivity index (χ3n) is 4.76. The van der Waals surface area contributed by atoms with Gasteiger partial charge in [-0.3, -0.25) is 4.79 Å². The second kappa shape index (κ2) is 8.71. The van der Waals surface area contributed by atoms with Gasteiger partial charge in [-0.15, -0.1) is 0 Å². The average molecular weight is 414 g/mol. The predicted molar refractivity (Wildman–Crippen MR) is 95.6 cm³/mol. The zero-order chi connectivity index (χ0) is 21.0. The van der Waals surface area contributed by atoms with Crippen LogP contribution in [0, 0.1) is 17.6 Å². The Labute approximate surface area is 163 Å². The van der Waals surface area contributed by atoms with E-state index in [1.165, 1.54) is 0 Å². The van der Waals surface area contributed by atoms with Crippen LogP contribution >= 0.6 is 0 Å². The fourth-order valence-electron chi connectivity index (χ4n) is 3.26. The Hall–Kier alpha value is -2.78. The van der Waals surface area contributed by atoms with Crippen molar-refractivity contribution in [2.45, 2.75) is 38.3 Å². The molecule has 29 heavy (non-hydrogen) atoms. The number of alkyl halides is 3. The van der Waals surface area contributed by atoms with Gasteiger partial charge in [0.15, 0.2) is 5.69 Å². The standard InChI is InChI=1S/C19H19F5N4O/c20-12-6-7-15(14(21)8-12)27-18-26-10-13(16(28-18)19(22,23)24)17(29)25-9-11-4-2-1-3-5-11/h6-8,10-11H,1-5,9H2,(H,25,29)(H,26,27,28). The summed E-state index contributed by atoms with van der Waals surface area (Å²) in [4.78, 5) is 19.3. The molecule has 1 amide bonds. The number of carbonyl (C=O) groups is 1. The number of carbonyl (C=O) groups excluding carboxylic acids is 1. The summed E-state index contributed by atoms with van der Waals surface area (Å²) in [6.07, 6.45) is 0.882. The summed E-state index contributed by atoms with van der Waals surface area (Å²) in [7, 11) is 0. The van der Waals surface area contributed by atoms with E-state index in [2.05, 4.69) is 20.6 Å². The SMILES string of the molecule is O=C(NCC1CCCCC1)c1cnc(Nc2ccc(F)cc2F)nc1C(F)(F)F. The van der Waals surface area contributed by atoms with E-state index in [0.717, 1.165) is 50.4 Å². The molecule has 0 atom stereocenters. The van der Waals surface area contributed by atoms with Gasteiger partial charge in [-0.05, 0) is 30.9 Å². The topological polar surface area (TPSA) is 66.9 Å². The van der Waals surface area contributed by atoms with Gasteiger partial charge in [0.2, 0.25) is 5.95 Å². The van der Waals surface area contributed by atoms with Crippen molar-refractivity contribution in [1.29, 1.82) is 0 Å². The van der Waals surface area contributed by atoms with Crippen LogP contribution in [-0.2, 0) is 6.18 Å². The van der Waals surface area contributed by atoms with Crippen molar-refractivity contribution in [2.24, 2.45) is 5.92 Å². The molecule has 0 aliphatic heterocycles. The fourth-order valence-corrected chi connectivity index (χ4v) is 3.26. The van der Waals surface area contributed by atoms with Crippen LogP contribution in [0.25, 0.3) is 0 Å². The molecule has 0 saturated heterocycles. The Morgan fingerprint density at radius 2 is 1.86 bits per heavy atom. The number of nitrogens with one attached hydrogen (secondary N) is 2. The number of rotatable bonds is 5. The maximum atomic E-state index is 13.7. The molecule has 3 rings (SSSR count). The van der Waals surface area contributed by atoms with Crippen molar-refractivity contribution in [1.82, 2.24) is 15.3 Å². The molecule has 10 heteroatoms. The summed E-state index contributed by atoms with van der Waals surface area (Å²) in [5.41, 5.74) is -2.44. The summed E-state index contributed by atoms with van der Waals surface area (Å²) in [6.45, 7) is 0.289. The van der Waals surface area contributed by atoms with Gasteiger partial charge in [-0.25, -0.2) is 18.7 Å². The van der Waals surface area contributed by atoms with Gasteiger partial charge >= 0.3 is 6.18 Å². The first-order chi connectivity index (χ1) is 13.7. The lowest BCUT2D eigenvalue weighted by Gasteiger charge is -2.22. The highest BCUT2D eigenvalue weighted by Gasteiger charge is 2.38. The molecule has 1 saturated carbocycles. The number of hydrogen-bond acceptors (Lipinski definition) is 4. The van der Waals surface area contributed by atoms with Gasteiger partial charge in [0, 0.05) is 18.8 Å². The van der Waals surface area contributed by atoms with Crippen molar-refractivity contribution in [3.63, 3.8) is 0 Å². The Morgan fingerprint density at radius 1 is 1.14 bits per heavy atom. The van der Waals surface area contributed by atoms with E-state index in [9.17, 15) is 26.7 Å². The largest absolute Gasteiger partial charge is 0.434 e. The first kappa shape index (κ1) is 20.9. The molecule has 1 aliphatic carbocycles. The first-order valence-corrected chi connectivity index (χ1v) is 9.18. The highest BCUT2D eigenvalue weighted by molar-refractivity contribution is 5.95. The third-order valence-corrected chi connectivity index (χ3v) is 4.76. The van der Waals surface area contributed by atoms with E-state index in [1.807, 2.05) is 0 Å². The summed E-state index contributed by atoms with van der Waals surface area (Å²) < 4.78 is 67.0. The molecule has 5 nitrogen and oxygen atoms in total. The molecule has 1 aliphatic rings. The average Bonchev–Trinajstić information content (AvgIpc) is 2.68. The third kappa shape index (κ3) is 5.39. The van der Waals surface area contributed by atoms with Gasteiger partial charge in [0.25, 0.3) is 5.91 Å². The van der Waals surface area contributed by atoms with Crippen LogP contribution in [0.15, 0.2) is 24.4 Å². The van der Waals surface area contributed by atoms with Crippen molar-refractivity contribution in [2.75, 3.05) is 11.9 Å². The van der Waals surface area contributed by atoms with Crippen LogP contribution in [-0.4, -0.2) is 22.4 Å². The van der Waals surface area contributed by atoms with Crippen molar-refractivity contribution in [3.05, 3.63) is 47.3 Å². The quantitative estimate of drug-likeness (QED) is 0.688. The number of benzene rings is 1. The number of aromatic nitrogens is 2. The molecular formula is C19H19F5N4O. The lowest BCUT2D eigenvalue weighted by atomic mass is 9.89. The van der Waals surface area contributed by atoms with Gasteiger partial charge in [-0.1, -0.05) is 19.3 Å². The second-order valence-corrected chi connectivity index (χ2v) is 6.92. The summed E-state index contributed by atoms with van der Waals surface area (Å²) in [6, 6.07) is 2.51. The minimum atomic E-state index is -4.92. The normalized spacial score (nSPS) is 15.2. The number of hydrogen-bond donors (Lipinski definition) is 2. The van der Waals surface area contributed by atoms with E-state index in [-0.39, 0.29) is 18.2 Å². The molecule has 0 unspecified atom stereocenters. The van der Waals surface area contributed by atoms with Crippen LogP contribution in [0.3, 0.4) is 0 Å². The Kier molecular flexibility index (Phi) is 6.29. The fraction of sp³-hybridized carbons (Fsp3) is 0.421.